The average Bonchev–Trinajstić information content (AvgIpc) is 3.08. The van der Waals surface area contributed by atoms with Gasteiger partial charge in [-0.15, -0.1) is 0 Å². The van der Waals surface area contributed by atoms with Gasteiger partial charge in [-0.1, -0.05) is 12.1 Å². The molecule has 148 valence electrons. The van der Waals surface area contributed by atoms with E-state index in [1.807, 2.05) is 43.3 Å². The Bertz CT molecular complexity index is 1050. The van der Waals surface area contributed by atoms with Crippen LogP contribution in [0.1, 0.15) is 17.7 Å². The first kappa shape index (κ1) is 18.9. The summed E-state index contributed by atoms with van der Waals surface area (Å²) >= 11 is 0. The van der Waals surface area contributed by atoms with E-state index >= 15 is 0 Å². The molecule has 0 spiro atoms. The molecular formula is C22H23N5O2. The van der Waals surface area contributed by atoms with E-state index in [4.69, 9.17) is 10.5 Å². The summed E-state index contributed by atoms with van der Waals surface area (Å²) in [6, 6.07) is 13.5. The van der Waals surface area contributed by atoms with Gasteiger partial charge >= 0.3 is 0 Å². The Labute approximate surface area is 169 Å². The monoisotopic (exact) mass is 389 g/mol. The quantitative estimate of drug-likeness (QED) is 0.721. The molecule has 1 aliphatic heterocycles. The van der Waals surface area contributed by atoms with Crippen LogP contribution >= 0.6 is 0 Å². The number of carbonyl (C=O) groups excluding carboxylic acids is 1. The number of rotatable bonds is 5. The first-order valence-electron chi connectivity index (χ1n) is 9.56. The van der Waals surface area contributed by atoms with Crippen molar-refractivity contribution in [2.75, 3.05) is 24.3 Å². The molecule has 7 nitrogen and oxygen atoms in total. The molecule has 0 saturated carbocycles. The van der Waals surface area contributed by atoms with Crippen LogP contribution in [0.3, 0.4) is 0 Å². The fourth-order valence-electron chi connectivity index (χ4n) is 3.73. The summed E-state index contributed by atoms with van der Waals surface area (Å²) in [6.45, 7) is 2.57. The fraction of sp³-hybridized carbons (Fsp3) is 0.273. The minimum absolute atomic E-state index is 0.0504. The summed E-state index contributed by atoms with van der Waals surface area (Å²) < 4.78 is 5.28. The maximum Gasteiger partial charge on any atom is 0.231 e. The van der Waals surface area contributed by atoms with E-state index in [0.29, 0.717) is 18.8 Å². The highest BCUT2D eigenvalue weighted by Crippen LogP contribution is 2.29. The zero-order valence-electron chi connectivity index (χ0n) is 16.5. The number of ether oxygens (including phenoxy) is 1. The Kier molecular flexibility index (Phi) is 5.12. The molecule has 1 amide bonds. The van der Waals surface area contributed by atoms with Crippen molar-refractivity contribution < 1.29 is 9.53 Å². The van der Waals surface area contributed by atoms with Gasteiger partial charge in [-0.3, -0.25) is 9.69 Å². The van der Waals surface area contributed by atoms with Crippen molar-refractivity contribution in [3.63, 3.8) is 0 Å². The fourth-order valence-corrected chi connectivity index (χ4v) is 3.73. The molecule has 4 rings (SSSR count). The highest BCUT2D eigenvalue weighted by molar-refractivity contribution is 5.96. The van der Waals surface area contributed by atoms with Crippen molar-refractivity contribution in [2.45, 2.75) is 19.8 Å². The molecule has 1 unspecified atom stereocenters. The van der Waals surface area contributed by atoms with Gasteiger partial charge in [-0.2, -0.15) is 0 Å². The number of nitrogen functional groups attached to an aromatic ring is 1. The number of anilines is 2. The van der Waals surface area contributed by atoms with Crippen LogP contribution in [0.5, 0.6) is 5.75 Å². The average molecular weight is 389 g/mol. The third-order valence-electron chi connectivity index (χ3n) is 5.23. The van der Waals surface area contributed by atoms with Crippen molar-refractivity contribution in [1.82, 2.24) is 15.0 Å². The SMILES string of the molecule is COc1cccc(CC2CCN(c3ccc(-c4ccnc(N)n4)c(C)n3)C2=O)c1. The number of pyridine rings is 1. The van der Waals surface area contributed by atoms with E-state index in [-0.39, 0.29) is 17.8 Å². The Morgan fingerprint density at radius 1 is 1.21 bits per heavy atom. The summed E-state index contributed by atoms with van der Waals surface area (Å²) in [4.78, 5) is 27.6. The molecule has 2 N–H and O–H groups in total. The van der Waals surface area contributed by atoms with Crippen LogP contribution in [0.2, 0.25) is 0 Å². The van der Waals surface area contributed by atoms with E-state index in [1.165, 1.54) is 0 Å². The Hall–Kier alpha value is -3.48. The lowest BCUT2D eigenvalue weighted by molar-refractivity contribution is -0.120. The molecule has 1 atom stereocenters. The van der Waals surface area contributed by atoms with E-state index in [0.717, 1.165) is 34.7 Å². The minimum atomic E-state index is -0.0504. The van der Waals surface area contributed by atoms with Gasteiger partial charge < -0.3 is 10.5 Å². The molecule has 1 saturated heterocycles. The molecule has 7 heteroatoms. The second-order valence-electron chi connectivity index (χ2n) is 7.13. The zero-order chi connectivity index (χ0) is 20.4. The third kappa shape index (κ3) is 3.89. The van der Waals surface area contributed by atoms with Crippen LogP contribution in [0.4, 0.5) is 11.8 Å². The zero-order valence-corrected chi connectivity index (χ0v) is 16.5. The van der Waals surface area contributed by atoms with Crippen molar-refractivity contribution >= 4 is 17.7 Å². The molecule has 0 aliphatic carbocycles. The smallest absolute Gasteiger partial charge is 0.231 e. The van der Waals surface area contributed by atoms with Gasteiger partial charge in [0.1, 0.15) is 11.6 Å². The van der Waals surface area contributed by atoms with Crippen molar-refractivity contribution in [3.8, 4) is 17.0 Å². The van der Waals surface area contributed by atoms with Crippen LogP contribution in [-0.4, -0.2) is 34.5 Å². The van der Waals surface area contributed by atoms with Gasteiger partial charge in [0.25, 0.3) is 0 Å². The Morgan fingerprint density at radius 3 is 2.83 bits per heavy atom. The molecule has 29 heavy (non-hydrogen) atoms. The molecule has 3 heterocycles. The summed E-state index contributed by atoms with van der Waals surface area (Å²) in [5, 5.41) is 0. The molecule has 1 aromatic carbocycles. The lowest BCUT2D eigenvalue weighted by Gasteiger charge is -2.17. The number of nitrogens with zero attached hydrogens (tertiary/aromatic N) is 4. The molecule has 2 aromatic heterocycles. The molecular weight excluding hydrogens is 366 g/mol. The van der Waals surface area contributed by atoms with Gasteiger partial charge in [-0.05, 0) is 55.7 Å². The molecule has 3 aromatic rings. The summed E-state index contributed by atoms with van der Waals surface area (Å²) in [5.74, 6) is 1.76. The summed E-state index contributed by atoms with van der Waals surface area (Å²) in [6.07, 6.45) is 3.13. The maximum atomic E-state index is 13.0. The number of aryl methyl sites for hydroxylation is 1. The number of hydrogen-bond donors (Lipinski definition) is 1. The van der Waals surface area contributed by atoms with Crippen molar-refractivity contribution in [1.29, 1.82) is 0 Å². The van der Waals surface area contributed by atoms with Crippen LogP contribution in [0.15, 0.2) is 48.7 Å². The number of amides is 1. The van der Waals surface area contributed by atoms with Gasteiger partial charge in [0.2, 0.25) is 11.9 Å². The molecule has 1 aliphatic rings. The molecule has 0 radical (unpaired) electrons. The number of methoxy groups -OCH3 is 1. The predicted octanol–water partition coefficient (Wildman–Crippen LogP) is 3.03. The summed E-state index contributed by atoms with van der Waals surface area (Å²) in [5.41, 5.74) is 9.18. The minimum Gasteiger partial charge on any atom is -0.497 e. The van der Waals surface area contributed by atoms with Gasteiger partial charge in [0.15, 0.2) is 0 Å². The van der Waals surface area contributed by atoms with Crippen LogP contribution in [0.25, 0.3) is 11.3 Å². The topological polar surface area (TPSA) is 94.2 Å². The first-order valence-corrected chi connectivity index (χ1v) is 9.56. The van der Waals surface area contributed by atoms with Gasteiger partial charge in [0.05, 0.1) is 12.8 Å². The second kappa shape index (κ2) is 7.87. The second-order valence-corrected chi connectivity index (χ2v) is 7.13. The Morgan fingerprint density at radius 2 is 2.07 bits per heavy atom. The number of aromatic nitrogens is 3. The Balaban J connectivity index is 1.52. The lowest BCUT2D eigenvalue weighted by Crippen LogP contribution is -2.28. The van der Waals surface area contributed by atoms with Crippen LogP contribution in [0, 0.1) is 12.8 Å². The predicted molar refractivity (Wildman–Crippen MR) is 112 cm³/mol. The number of benzene rings is 1. The number of nitrogens with two attached hydrogens (primary N) is 1. The van der Waals surface area contributed by atoms with Gasteiger partial charge in [-0.25, -0.2) is 15.0 Å². The van der Waals surface area contributed by atoms with Crippen molar-refractivity contribution in [2.24, 2.45) is 5.92 Å². The van der Waals surface area contributed by atoms with Crippen molar-refractivity contribution in [3.05, 3.63) is 59.9 Å². The highest BCUT2D eigenvalue weighted by Gasteiger charge is 2.33. The standard InChI is InChI=1S/C22H23N5O2/c1-14-18(19-8-10-24-22(23)26-19)6-7-20(25-14)27-11-9-16(21(27)28)12-15-4-3-5-17(13-15)29-2/h3-8,10,13,16H,9,11-12H2,1-2H3,(H2,23,24,26). The largest absolute Gasteiger partial charge is 0.497 e. The molecule has 0 bridgehead atoms. The maximum absolute atomic E-state index is 13.0. The van der Waals surface area contributed by atoms with Crippen LogP contribution in [-0.2, 0) is 11.2 Å². The number of hydrogen-bond acceptors (Lipinski definition) is 6. The third-order valence-corrected chi connectivity index (χ3v) is 5.23. The normalized spacial score (nSPS) is 16.3. The van der Waals surface area contributed by atoms with E-state index in [9.17, 15) is 4.79 Å². The lowest BCUT2D eigenvalue weighted by atomic mass is 9.98. The first-order chi connectivity index (χ1) is 14.0. The highest BCUT2D eigenvalue weighted by atomic mass is 16.5. The van der Waals surface area contributed by atoms with Gasteiger partial charge in [0, 0.05) is 29.9 Å². The van der Waals surface area contributed by atoms with E-state index < -0.39 is 0 Å². The molecule has 1 fully saturated rings. The van der Waals surface area contributed by atoms with Crippen LogP contribution < -0.4 is 15.4 Å². The number of carbonyl (C=O) groups is 1. The van der Waals surface area contributed by atoms with E-state index in [2.05, 4.69) is 15.0 Å². The van der Waals surface area contributed by atoms with E-state index in [1.54, 1.807) is 24.3 Å². The summed E-state index contributed by atoms with van der Waals surface area (Å²) in [7, 11) is 1.65.